The van der Waals surface area contributed by atoms with Gasteiger partial charge in [0.25, 0.3) is 0 Å². The lowest BCUT2D eigenvalue weighted by atomic mass is 9.85. The zero-order chi connectivity index (χ0) is 12.1. The molecule has 0 aliphatic heterocycles. The van der Waals surface area contributed by atoms with Crippen LogP contribution in [0.4, 0.5) is 0 Å². The summed E-state index contributed by atoms with van der Waals surface area (Å²) in [5.41, 5.74) is 1.05. The predicted octanol–water partition coefficient (Wildman–Crippen LogP) is 3.70. The van der Waals surface area contributed by atoms with Crippen LogP contribution in [0.5, 0.6) is 0 Å². The summed E-state index contributed by atoms with van der Waals surface area (Å²) in [7, 11) is 0. The molecule has 1 unspecified atom stereocenters. The van der Waals surface area contributed by atoms with Crippen LogP contribution in [0, 0.1) is 5.92 Å². The number of alkyl halides is 1. The van der Waals surface area contributed by atoms with E-state index in [4.69, 9.17) is 16.3 Å². The Balaban J connectivity index is 2.20. The van der Waals surface area contributed by atoms with Gasteiger partial charge in [0.1, 0.15) is 0 Å². The summed E-state index contributed by atoms with van der Waals surface area (Å²) in [5.74, 6) is 0.0867. The van der Waals surface area contributed by atoms with Crippen molar-refractivity contribution in [1.29, 1.82) is 0 Å². The number of esters is 1. The Morgan fingerprint density at radius 3 is 2.53 bits per heavy atom. The number of carbonyl (C=O) groups excluding carboxylic acids is 1. The fraction of sp³-hybridized carbons (Fsp3) is 0.500. The van der Waals surface area contributed by atoms with Crippen molar-refractivity contribution in [2.45, 2.75) is 31.6 Å². The number of ether oxygens (including phenoxy) is 1. The summed E-state index contributed by atoms with van der Waals surface area (Å²) in [6.45, 7) is 0. The second-order valence-electron chi connectivity index (χ2n) is 4.51. The Kier molecular flexibility index (Phi) is 4.43. The maximum absolute atomic E-state index is 12.0. The topological polar surface area (TPSA) is 26.3 Å². The highest BCUT2D eigenvalue weighted by Gasteiger charge is 2.32. The van der Waals surface area contributed by atoms with Crippen LogP contribution in [0.25, 0.3) is 0 Å². The minimum Gasteiger partial charge on any atom is -0.449 e. The molecular weight excluding hydrogens is 236 g/mol. The Labute approximate surface area is 107 Å². The molecule has 1 aromatic carbocycles. The summed E-state index contributed by atoms with van der Waals surface area (Å²) < 4.78 is 5.00. The molecule has 0 N–H and O–H groups in total. The molecule has 92 valence electrons. The van der Waals surface area contributed by atoms with Gasteiger partial charge in [0.15, 0.2) is 6.07 Å². The summed E-state index contributed by atoms with van der Waals surface area (Å²) in [5, 5.41) is 0. The van der Waals surface area contributed by atoms with Crippen molar-refractivity contribution in [3.63, 3.8) is 0 Å². The van der Waals surface area contributed by atoms with Crippen LogP contribution in [0.15, 0.2) is 30.3 Å². The van der Waals surface area contributed by atoms with Gasteiger partial charge in [0, 0.05) is 0 Å². The molecule has 1 aliphatic rings. The van der Waals surface area contributed by atoms with Crippen molar-refractivity contribution in [2.75, 3.05) is 6.07 Å². The minimum absolute atomic E-state index is 0.0606. The number of hydrogen-bond donors (Lipinski definition) is 0. The molecule has 0 bridgehead atoms. The Bertz CT molecular complexity index is 358. The van der Waals surface area contributed by atoms with Gasteiger partial charge in [-0.1, -0.05) is 54.8 Å². The SMILES string of the molecule is O=C(OCCl)C(c1ccccc1)C1CCCC1. The second-order valence-corrected chi connectivity index (χ2v) is 4.72. The lowest BCUT2D eigenvalue weighted by Crippen LogP contribution is -2.22. The van der Waals surface area contributed by atoms with E-state index in [2.05, 4.69) is 0 Å². The molecule has 0 saturated heterocycles. The standard InChI is InChI=1S/C14H17ClO2/c15-10-17-14(16)13(12-8-4-5-9-12)11-6-2-1-3-7-11/h1-3,6-7,12-13H,4-5,8-10H2. The van der Waals surface area contributed by atoms with Crippen molar-refractivity contribution in [3.05, 3.63) is 35.9 Å². The van der Waals surface area contributed by atoms with Crippen LogP contribution in [0.2, 0.25) is 0 Å². The molecule has 2 nitrogen and oxygen atoms in total. The Hall–Kier alpha value is -1.02. The number of carbonyl (C=O) groups is 1. The molecule has 3 heteroatoms. The van der Waals surface area contributed by atoms with E-state index in [1.807, 2.05) is 30.3 Å². The average Bonchev–Trinajstić information content (AvgIpc) is 2.85. The van der Waals surface area contributed by atoms with Crippen molar-refractivity contribution in [3.8, 4) is 0 Å². The first-order valence-electron chi connectivity index (χ1n) is 6.10. The van der Waals surface area contributed by atoms with Gasteiger partial charge in [0.05, 0.1) is 5.92 Å². The molecule has 0 spiro atoms. The predicted molar refractivity (Wildman–Crippen MR) is 68.0 cm³/mol. The quantitative estimate of drug-likeness (QED) is 0.603. The van der Waals surface area contributed by atoms with E-state index in [1.54, 1.807) is 0 Å². The van der Waals surface area contributed by atoms with E-state index in [0.29, 0.717) is 5.92 Å². The van der Waals surface area contributed by atoms with Crippen molar-refractivity contribution in [2.24, 2.45) is 5.92 Å². The van der Waals surface area contributed by atoms with Crippen LogP contribution in [0.3, 0.4) is 0 Å². The number of hydrogen-bond acceptors (Lipinski definition) is 2. The van der Waals surface area contributed by atoms with E-state index in [0.717, 1.165) is 18.4 Å². The number of benzene rings is 1. The molecule has 1 aromatic rings. The smallest absolute Gasteiger partial charge is 0.314 e. The fourth-order valence-corrected chi connectivity index (χ4v) is 2.80. The molecule has 1 aliphatic carbocycles. The third-order valence-corrected chi connectivity index (χ3v) is 3.59. The number of rotatable bonds is 4. The third-order valence-electron chi connectivity index (χ3n) is 3.48. The summed E-state index contributed by atoms with van der Waals surface area (Å²) >= 11 is 5.49. The highest BCUT2D eigenvalue weighted by Crippen LogP contribution is 2.38. The molecule has 2 rings (SSSR count). The van der Waals surface area contributed by atoms with Crippen LogP contribution >= 0.6 is 11.6 Å². The monoisotopic (exact) mass is 252 g/mol. The van der Waals surface area contributed by atoms with Crippen LogP contribution < -0.4 is 0 Å². The lowest BCUT2D eigenvalue weighted by molar-refractivity contribution is -0.144. The molecule has 1 saturated carbocycles. The maximum Gasteiger partial charge on any atom is 0.314 e. The van der Waals surface area contributed by atoms with E-state index in [9.17, 15) is 4.79 Å². The fourth-order valence-electron chi connectivity index (χ4n) is 2.70. The van der Waals surface area contributed by atoms with Crippen LogP contribution in [0.1, 0.15) is 37.2 Å². The highest BCUT2D eigenvalue weighted by atomic mass is 35.5. The average molecular weight is 253 g/mol. The maximum atomic E-state index is 12.0. The third kappa shape index (κ3) is 3.01. The zero-order valence-corrected chi connectivity index (χ0v) is 10.5. The second kappa shape index (κ2) is 6.06. The van der Waals surface area contributed by atoms with E-state index in [-0.39, 0.29) is 18.0 Å². The van der Waals surface area contributed by atoms with Crippen LogP contribution in [-0.4, -0.2) is 12.0 Å². The molecule has 0 radical (unpaired) electrons. The molecular formula is C14H17ClO2. The lowest BCUT2D eigenvalue weighted by Gasteiger charge is -2.21. The summed E-state index contributed by atoms with van der Waals surface area (Å²) in [4.78, 5) is 12.0. The summed E-state index contributed by atoms with van der Waals surface area (Å²) in [6, 6.07) is 9.82. The molecule has 1 fully saturated rings. The number of halogens is 1. The van der Waals surface area contributed by atoms with Gasteiger partial charge in [-0.25, -0.2) is 0 Å². The Morgan fingerprint density at radius 2 is 1.94 bits per heavy atom. The normalized spacial score (nSPS) is 17.9. The first kappa shape index (κ1) is 12.4. The van der Waals surface area contributed by atoms with Crippen molar-refractivity contribution in [1.82, 2.24) is 0 Å². The minimum atomic E-state index is -0.182. The first-order valence-corrected chi connectivity index (χ1v) is 6.64. The van der Waals surface area contributed by atoms with E-state index < -0.39 is 0 Å². The van der Waals surface area contributed by atoms with Gasteiger partial charge in [-0.15, -0.1) is 0 Å². The van der Waals surface area contributed by atoms with Gasteiger partial charge in [0.2, 0.25) is 0 Å². The molecule has 0 amide bonds. The first-order chi connectivity index (χ1) is 8.33. The largest absolute Gasteiger partial charge is 0.449 e. The summed E-state index contributed by atoms with van der Waals surface area (Å²) in [6.07, 6.45) is 4.64. The van der Waals surface area contributed by atoms with Crippen molar-refractivity contribution >= 4 is 17.6 Å². The molecule has 1 atom stereocenters. The molecule has 0 aromatic heterocycles. The van der Waals surface area contributed by atoms with E-state index >= 15 is 0 Å². The highest BCUT2D eigenvalue weighted by molar-refractivity contribution is 6.17. The Morgan fingerprint density at radius 1 is 1.29 bits per heavy atom. The molecule has 17 heavy (non-hydrogen) atoms. The van der Waals surface area contributed by atoms with Crippen LogP contribution in [-0.2, 0) is 9.53 Å². The van der Waals surface area contributed by atoms with Gasteiger partial charge >= 0.3 is 5.97 Å². The van der Waals surface area contributed by atoms with Crippen molar-refractivity contribution < 1.29 is 9.53 Å². The van der Waals surface area contributed by atoms with Gasteiger partial charge in [-0.3, -0.25) is 4.79 Å². The van der Waals surface area contributed by atoms with Gasteiger partial charge < -0.3 is 4.74 Å². The zero-order valence-electron chi connectivity index (χ0n) is 9.77. The van der Waals surface area contributed by atoms with Gasteiger partial charge in [-0.05, 0) is 24.3 Å². The molecule has 0 heterocycles. The van der Waals surface area contributed by atoms with E-state index in [1.165, 1.54) is 12.8 Å². The van der Waals surface area contributed by atoms with Gasteiger partial charge in [-0.2, -0.15) is 0 Å².